The molecule has 0 radical (unpaired) electrons. The summed E-state index contributed by atoms with van der Waals surface area (Å²) in [6.45, 7) is 2.47. The minimum atomic E-state index is -0.282. The summed E-state index contributed by atoms with van der Waals surface area (Å²) in [7, 11) is 3.35. The van der Waals surface area contributed by atoms with Gasteiger partial charge in [-0.3, -0.25) is 9.78 Å². The number of benzene rings is 1. The van der Waals surface area contributed by atoms with Crippen molar-refractivity contribution in [3.05, 3.63) is 53.7 Å². The number of para-hydroxylation sites is 1. The van der Waals surface area contributed by atoms with Crippen LogP contribution in [0, 0.1) is 6.92 Å². The Hall–Kier alpha value is -2.89. The van der Waals surface area contributed by atoms with Crippen molar-refractivity contribution in [1.29, 1.82) is 0 Å². The number of ether oxygens (including phenoxy) is 1. The van der Waals surface area contributed by atoms with Gasteiger partial charge >= 0.3 is 5.97 Å². The Balaban J connectivity index is 2.05. The molecule has 1 N–H and O–H groups in total. The van der Waals surface area contributed by atoms with Gasteiger partial charge in [-0.05, 0) is 13.0 Å². The van der Waals surface area contributed by atoms with Gasteiger partial charge < -0.3 is 14.6 Å². The topological polar surface area (TPSA) is 69.0 Å². The molecule has 6 nitrogen and oxygen atoms in total. The molecular weight excluding hydrogens is 304 g/mol. The quantitative estimate of drug-likeness (QED) is 0.731. The summed E-state index contributed by atoms with van der Waals surface area (Å²) in [4.78, 5) is 20.8. The number of nitrogens with zero attached hydrogens (tertiary/aromatic N) is 3. The fraction of sp³-hybridized carbons (Fsp3) is 0.278. The predicted molar refractivity (Wildman–Crippen MR) is 92.7 cm³/mol. The molecule has 0 aliphatic heterocycles. The van der Waals surface area contributed by atoms with Crippen LogP contribution in [-0.2, 0) is 29.5 Å². The molecule has 3 rings (SSSR count). The highest BCUT2D eigenvalue weighted by molar-refractivity contribution is 5.94. The third kappa shape index (κ3) is 3.08. The van der Waals surface area contributed by atoms with Gasteiger partial charge in [-0.25, -0.2) is 4.98 Å². The lowest BCUT2D eigenvalue weighted by Gasteiger charge is -2.16. The summed E-state index contributed by atoms with van der Waals surface area (Å²) < 4.78 is 6.80. The van der Waals surface area contributed by atoms with Crippen molar-refractivity contribution >= 4 is 22.6 Å². The van der Waals surface area contributed by atoms with E-state index in [1.54, 1.807) is 6.20 Å². The van der Waals surface area contributed by atoms with E-state index in [2.05, 4.69) is 15.3 Å². The fourth-order valence-corrected chi connectivity index (χ4v) is 2.74. The second kappa shape index (κ2) is 6.70. The van der Waals surface area contributed by atoms with Crippen LogP contribution in [0.3, 0.4) is 0 Å². The number of carbonyl (C=O) groups is 1. The number of pyridine rings is 1. The summed E-state index contributed by atoms with van der Waals surface area (Å²) in [5.41, 5.74) is 3.48. The van der Waals surface area contributed by atoms with Crippen molar-refractivity contribution < 1.29 is 9.53 Å². The molecule has 6 heteroatoms. The number of rotatable bonds is 5. The number of aromatic nitrogens is 3. The maximum atomic E-state index is 11.8. The molecule has 124 valence electrons. The van der Waals surface area contributed by atoms with Crippen LogP contribution in [0.1, 0.15) is 17.1 Å². The molecule has 3 aromatic rings. The van der Waals surface area contributed by atoms with Crippen LogP contribution in [0.25, 0.3) is 10.9 Å². The van der Waals surface area contributed by atoms with Crippen LogP contribution in [0.15, 0.2) is 36.7 Å². The minimum Gasteiger partial charge on any atom is -0.469 e. The Morgan fingerprint density at radius 2 is 2.12 bits per heavy atom. The molecule has 0 spiro atoms. The van der Waals surface area contributed by atoms with E-state index in [0.29, 0.717) is 6.54 Å². The standard InChI is InChI=1S/C18H20N4O2/c1-12-14(10-17(23)24-3)18(13-6-4-5-7-15(13)21-12)20-11-16-19-8-9-22(16)2/h4-9H,10-11H2,1-3H3,(H,20,21). The van der Waals surface area contributed by atoms with E-state index in [1.165, 1.54) is 7.11 Å². The van der Waals surface area contributed by atoms with Gasteiger partial charge in [0.25, 0.3) is 0 Å². The zero-order valence-electron chi connectivity index (χ0n) is 14.0. The van der Waals surface area contributed by atoms with E-state index in [9.17, 15) is 4.79 Å². The van der Waals surface area contributed by atoms with E-state index in [-0.39, 0.29) is 12.4 Å². The lowest BCUT2D eigenvalue weighted by molar-refractivity contribution is -0.139. The molecular formula is C18H20N4O2. The summed E-state index contributed by atoms with van der Waals surface area (Å²) in [5, 5.41) is 4.42. The molecule has 0 bridgehead atoms. The first-order chi connectivity index (χ1) is 11.6. The van der Waals surface area contributed by atoms with Crippen LogP contribution in [0.4, 0.5) is 5.69 Å². The smallest absolute Gasteiger partial charge is 0.310 e. The molecule has 0 aliphatic carbocycles. The molecule has 0 fully saturated rings. The highest BCUT2D eigenvalue weighted by Gasteiger charge is 2.16. The number of fused-ring (bicyclic) bond motifs is 1. The van der Waals surface area contributed by atoms with Gasteiger partial charge in [0.05, 0.1) is 25.6 Å². The Morgan fingerprint density at radius 3 is 2.83 bits per heavy atom. The highest BCUT2D eigenvalue weighted by Crippen LogP contribution is 2.29. The summed E-state index contributed by atoms with van der Waals surface area (Å²) >= 11 is 0. The highest BCUT2D eigenvalue weighted by atomic mass is 16.5. The molecule has 0 atom stereocenters. The van der Waals surface area contributed by atoms with Gasteiger partial charge in [0.1, 0.15) is 5.82 Å². The van der Waals surface area contributed by atoms with Crippen LogP contribution >= 0.6 is 0 Å². The van der Waals surface area contributed by atoms with Crippen molar-refractivity contribution in [2.24, 2.45) is 7.05 Å². The molecule has 1 aromatic carbocycles. The number of aryl methyl sites for hydroxylation is 2. The second-order valence-corrected chi connectivity index (χ2v) is 5.63. The first-order valence-corrected chi connectivity index (χ1v) is 7.75. The predicted octanol–water partition coefficient (Wildman–Crippen LogP) is 2.60. The van der Waals surface area contributed by atoms with E-state index < -0.39 is 0 Å². The maximum absolute atomic E-state index is 11.8. The molecule has 0 unspecified atom stereocenters. The average molecular weight is 324 g/mol. The normalized spacial score (nSPS) is 10.8. The van der Waals surface area contributed by atoms with Crippen molar-refractivity contribution in [1.82, 2.24) is 14.5 Å². The number of methoxy groups -OCH3 is 1. The Labute approximate surface area is 140 Å². The Kier molecular flexibility index (Phi) is 4.46. The monoisotopic (exact) mass is 324 g/mol. The summed E-state index contributed by atoms with van der Waals surface area (Å²) in [6, 6.07) is 7.89. The lowest BCUT2D eigenvalue weighted by atomic mass is 10.0. The van der Waals surface area contributed by atoms with Crippen LogP contribution < -0.4 is 5.32 Å². The first-order valence-electron chi connectivity index (χ1n) is 7.75. The van der Waals surface area contributed by atoms with Crippen LogP contribution in [0.2, 0.25) is 0 Å². The third-order valence-corrected chi connectivity index (χ3v) is 4.09. The number of anilines is 1. The van der Waals surface area contributed by atoms with Gasteiger partial charge in [-0.2, -0.15) is 0 Å². The fourth-order valence-electron chi connectivity index (χ4n) is 2.74. The van der Waals surface area contributed by atoms with Crippen molar-refractivity contribution in [2.45, 2.75) is 19.9 Å². The summed E-state index contributed by atoms with van der Waals surface area (Å²) in [5.74, 6) is 0.632. The molecule has 0 saturated heterocycles. The van der Waals surface area contributed by atoms with E-state index >= 15 is 0 Å². The second-order valence-electron chi connectivity index (χ2n) is 5.63. The Bertz CT molecular complexity index is 886. The van der Waals surface area contributed by atoms with Crippen molar-refractivity contribution in [3.8, 4) is 0 Å². The number of carbonyl (C=O) groups excluding carboxylic acids is 1. The van der Waals surface area contributed by atoms with Gasteiger partial charge in [0.15, 0.2) is 0 Å². The van der Waals surface area contributed by atoms with Gasteiger partial charge in [0, 0.05) is 41.8 Å². The molecule has 0 saturated carbocycles. The third-order valence-electron chi connectivity index (χ3n) is 4.09. The number of esters is 1. The van der Waals surface area contributed by atoms with Gasteiger partial charge in [-0.15, -0.1) is 0 Å². The maximum Gasteiger partial charge on any atom is 0.310 e. The lowest BCUT2D eigenvalue weighted by Crippen LogP contribution is -2.13. The number of hydrogen-bond acceptors (Lipinski definition) is 5. The van der Waals surface area contributed by atoms with Crippen molar-refractivity contribution in [3.63, 3.8) is 0 Å². The van der Waals surface area contributed by atoms with E-state index in [4.69, 9.17) is 4.74 Å². The SMILES string of the molecule is COC(=O)Cc1c(C)nc2ccccc2c1NCc1nccn1C. The van der Waals surface area contributed by atoms with E-state index in [0.717, 1.165) is 33.7 Å². The number of nitrogens with one attached hydrogen (secondary N) is 1. The zero-order valence-corrected chi connectivity index (χ0v) is 14.0. The van der Waals surface area contributed by atoms with Crippen molar-refractivity contribution in [2.75, 3.05) is 12.4 Å². The van der Waals surface area contributed by atoms with Gasteiger partial charge in [-0.1, -0.05) is 18.2 Å². The number of imidazole rings is 1. The molecule has 2 aromatic heterocycles. The average Bonchev–Trinajstić information content (AvgIpc) is 2.99. The minimum absolute atomic E-state index is 0.184. The first kappa shape index (κ1) is 16.0. The molecule has 0 amide bonds. The van der Waals surface area contributed by atoms with Crippen LogP contribution in [0.5, 0.6) is 0 Å². The van der Waals surface area contributed by atoms with E-state index in [1.807, 2.05) is 49.0 Å². The molecule has 24 heavy (non-hydrogen) atoms. The largest absolute Gasteiger partial charge is 0.469 e. The Morgan fingerprint density at radius 1 is 1.33 bits per heavy atom. The van der Waals surface area contributed by atoms with Crippen LogP contribution in [-0.4, -0.2) is 27.6 Å². The number of hydrogen-bond donors (Lipinski definition) is 1. The molecule has 0 aliphatic rings. The van der Waals surface area contributed by atoms with Gasteiger partial charge in [0.2, 0.25) is 0 Å². The molecule has 2 heterocycles. The zero-order chi connectivity index (χ0) is 17.1. The summed E-state index contributed by atoms with van der Waals surface area (Å²) in [6.07, 6.45) is 3.85.